The first-order valence-corrected chi connectivity index (χ1v) is 3.41. The first-order chi connectivity index (χ1) is 5.63. The van der Waals surface area contributed by atoms with E-state index < -0.39 is 19.0 Å². The summed E-state index contributed by atoms with van der Waals surface area (Å²) in [6.07, 6.45) is -2.47. The Balaban J connectivity index is 2.96. The minimum atomic E-state index is -2.47. The fraction of sp³-hybridized carbons (Fsp3) is 0.833. The smallest absolute Gasteiger partial charge is 0.317 e. The van der Waals surface area contributed by atoms with Crippen LogP contribution in [0.4, 0.5) is 8.78 Å². The van der Waals surface area contributed by atoms with Gasteiger partial charge in [-0.15, -0.1) is 0 Å². The van der Waals surface area contributed by atoms with Gasteiger partial charge in [0.25, 0.3) is 6.43 Å². The van der Waals surface area contributed by atoms with E-state index in [-0.39, 0.29) is 19.7 Å². The summed E-state index contributed by atoms with van der Waals surface area (Å²) in [6, 6.07) is 0. The largest absolute Gasteiger partial charge is 0.480 e. The average molecular weight is 183 g/mol. The molecule has 0 fully saturated rings. The molecule has 0 spiro atoms. The highest BCUT2D eigenvalue weighted by atomic mass is 19.3. The van der Waals surface area contributed by atoms with E-state index in [1.807, 2.05) is 0 Å². The van der Waals surface area contributed by atoms with E-state index >= 15 is 0 Å². The van der Waals surface area contributed by atoms with Crippen molar-refractivity contribution in [2.75, 3.05) is 26.3 Å². The van der Waals surface area contributed by atoms with E-state index in [9.17, 15) is 13.6 Å². The van der Waals surface area contributed by atoms with Gasteiger partial charge in [0, 0.05) is 6.54 Å². The highest BCUT2D eigenvalue weighted by Crippen LogP contribution is 1.90. The molecule has 0 radical (unpaired) electrons. The van der Waals surface area contributed by atoms with Gasteiger partial charge in [-0.2, -0.15) is 0 Å². The molecule has 2 N–H and O–H groups in total. The number of alkyl halides is 2. The molecule has 72 valence electrons. The molecule has 0 heterocycles. The van der Waals surface area contributed by atoms with E-state index in [0.29, 0.717) is 0 Å². The molecule has 0 saturated heterocycles. The van der Waals surface area contributed by atoms with Gasteiger partial charge >= 0.3 is 5.97 Å². The molecule has 12 heavy (non-hydrogen) atoms. The standard InChI is InChI=1S/C6H11F2NO3/c7-5(8)4-12-2-1-9-3-6(10)11/h5,9H,1-4H2,(H,10,11). The van der Waals surface area contributed by atoms with Crippen LogP contribution in [0, 0.1) is 0 Å². The van der Waals surface area contributed by atoms with Gasteiger partial charge in [-0.05, 0) is 0 Å². The second kappa shape index (κ2) is 6.93. The monoisotopic (exact) mass is 183 g/mol. The normalized spacial score (nSPS) is 10.6. The second-order valence-electron chi connectivity index (χ2n) is 2.04. The summed E-state index contributed by atoms with van der Waals surface area (Å²) in [5.74, 6) is -0.983. The quantitative estimate of drug-likeness (QED) is 0.543. The summed E-state index contributed by atoms with van der Waals surface area (Å²) in [5.41, 5.74) is 0. The molecule has 0 rings (SSSR count). The van der Waals surface area contributed by atoms with Crippen molar-refractivity contribution in [2.45, 2.75) is 6.43 Å². The fourth-order valence-corrected chi connectivity index (χ4v) is 0.512. The molecular formula is C6H11F2NO3. The van der Waals surface area contributed by atoms with E-state index in [4.69, 9.17) is 5.11 Å². The van der Waals surface area contributed by atoms with Gasteiger partial charge in [0.05, 0.1) is 13.2 Å². The van der Waals surface area contributed by atoms with Gasteiger partial charge in [-0.3, -0.25) is 4.79 Å². The number of hydrogen-bond donors (Lipinski definition) is 2. The molecule has 0 aliphatic carbocycles. The van der Waals surface area contributed by atoms with Crippen molar-refractivity contribution in [2.24, 2.45) is 0 Å². The maximum absolute atomic E-state index is 11.4. The lowest BCUT2D eigenvalue weighted by Gasteiger charge is -2.02. The summed E-state index contributed by atoms with van der Waals surface area (Å²) < 4.78 is 27.3. The number of carbonyl (C=O) groups is 1. The van der Waals surface area contributed by atoms with Crippen LogP contribution < -0.4 is 5.32 Å². The maximum atomic E-state index is 11.4. The van der Waals surface area contributed by atoms with Crippen LogP contribution in [0.3, 0.4) is 0 Å². The molecule has 0 aliphatic heterocycles. The Bertz CT molecular complexity index is 132. The van der Waals surface area contributed by atoms with Crippen LogP contribution in [-0.4, -0.2) is 43.8 Å². The molecule has 6 heteroatoms. The molecule has 0 aromatic heterocycles. The molecule has 0 amide bonds. The molecule has 4 nitrogen and oxygen atoms in total. The van der Waals surface area contributed by atoms with Crippen molar-refractivity contribution in [1.29, 1.82) is 0 Å². The minimum Gasteiger partial charge on any atom is -0.480 e. The average Bonchev–Trinajstić information content (AvgIpc) is 1.95. The van der Waals surface area contributed by atoms with Gasteiger partial charge in [0.15, 0.2) is 0 Å². The van der Waals surface area contributed by atoms with Gasteiger partial charge < -0.3 is 15.2 Å². The zero-order valence-electron chi connectivity index (χ0n) is 6.43. The number of carboxylic acid groups (broad SMARTS) is 1. The van der Waals surface area contributed by atoms with E-state index in [1.165, 1.54) is 0 Å². The third-order valence-corrected chi connectivity index (χ3v) is 0.943. The molecule has 0 bridgehead atoms. The number of nitrogens with one attached hydrogen (secondary N) is 1. The van der Waals surface area contributed by atoms with Crippen LogP contribution in [0.1, 0.15) is 0 Å². The zero-order valence-corrected chi connectivity index (χ0v) is 6.43. The predicted molar refractivity (Wildman–Crippen MR) is 37.3 cm³/mol. The summed E-state index contributed by atoms with van der Waals surface area (Å²) in [5, 5.41) is 10.6. The topological polar surface area (TPSA) is 58.6 Å². The molecule has 0 aromatic carbocycles. The summed E-state index contributed by atoms with van der Waals surface area (Å²) >= 11 is 0. The van der Waals surface area contributed by atoms with Crippen molar-refractivity contribution >= 4 is 5.97 Å². The number of ether oxygens (including phenoxy) is 1. The highest BCUT2D eigenvalue weighted by molar-refractivity contribution is 5.68. The zero-order chi connectivity index (χ0) is 9.40. The van der Waals surface area contributed by atoms with Crippen molar-refractivity contribution in [1.82, 2.24) is 5.32 Å². The van der Waals surface area contributed by atoms with Gasteiger partial charge in [0.2, 0.25) is 0 Å². The number of hydrogen-bond acceptors (Lipinski definition) is 3. The first-order valence-electron chi connectivity index (χ1n) is 3.41. The van der Waals surface area contributed by atoms with Crippen molar-refractivity contribution in [3.8, 4) is 0 Å². The van der Waals surface area contributed by atoms with E-state index in [1.54, 1.807) is 0 Å². The number of carboxylic acids is 1. The Morgan fingerprint density at radius 3 is 2.75 bits per heavy atom. The Hall–Kier alpha value is -0.750. The van der Waals surface area contributed by atoms with Gasteiger partial charge in [0.1, 0.15) is 6.61 Å². The van der Waals surface area contributed by atoms with Crippen molar-refractivity contribution < 1.29 is 23.4 Å². The fourth-order valence-electron chi connectivity index (χ4n) is 0.512. The Morgan fingerprint density at radius 2 is 2.25 bits per heavy atom. The lowest BCUT2D eigenvalue weighted by molar-refractivity contribution is -0.136. The lowest BCUT2D eigenvalue weighted by atomic mass is 10.6. The van der Waals surface area contributed by atoms with Crippen LogP contribution in [-0.2, 0) is 9.53 Å². The molecule has 0 atom stereocenters. The van der Waals surface area contributed by atoms with E-state index in [2.05, 4.69) is 10.1 Å². The molecule has 0 unspecified atom stereocenters. The minimum absolute atomic E-state index is 0.0949. The van der Waals surface area contributed by atoms with Crippen LogP contribution in [0.2, 0.25) is 0 Å². The highest BCUT2D eigenvalue weighted by Gasteiger charge is 2.00. The van der Waals surface area contributed by atoms with E-state index in [0.717, 1.165) is 0 Å². The Morgan fingerprint density at radius 1 is 1.58 bits per heavy atom. The molecule has 0 aromatic rings. The van der Waals surface area contributed by atoms with Crippen LogP contribution in [0.25, 0.3) is 0 Å². The number of halogens is 2. The van der Waals surface area contributed by atoms with Crippen LogP contribution in [0.5, 0.6) is 0 Å². The molecule has 0 aliphatic rings. The predicted octanol–water partition coefficient (Wildman–Crippen LogP) is -0.0577. The molecule has 0 saturated carbocycles. The second-order valence-corrected chi connectivity index (χ2v) is 2.04. The SMILES string of the molecule is O=C(O)CNCCOCC(F)F. The lowest BCUT2D eigenvalue weighted by Crippen LogP contribution is -2.26. The first kappa shape index (κ1) is 11.2. The van der Waals surface area contributed by atoms with Crippen LogP contribution >= 0.6 is 0 Å². The third-order valence-electron chi connectivity index (χ3n) is 0.943. The van der Waals surface area contributed by atoms with Crippen LogP contribution in [0.15, 0.2) is 0 Å². The van der Waals surface area contributed by atoms with Crippen molar-refractivity contribution in [3.63, 3.8) is 0 Å². The van der Waals surface area contributed by atoms with Gasteiger partial charge in [-0.1, -0.05) is 0 Å². The Kier molecular flexibility index (Phi) is 6.50. The summed E-state index contributed by atoms with van der Waals surface area (Å²) in [7, 11) is 0. The van der Waals surface area contributed by atoms with Gasteiger partial charge in [-0.25, -0.2) is 8.78 Å². The van der Waals surface area contributed by atoms with Crippen molar-refractivity contribution in [3.05, 3.63) is 0 Å². The summed E-state index contributed by atoms with van der Waals surface area (Å²) in [4.78, 5) is 9.92. The number of rotatable bonds is 7. The number of aliphatic carboxylic acids is 1. The summed E-state index contributed by atoms with van der Waals surface area (Å²) in [6.45, 7) is -0.427. The Labute approximate surface area is 68.5 Å². The third kappa shape index (κ3) is 9.25. The molecular weight excluding hydrogens is 172 g/mol. The maximum Gasteiger partial charge on any atom is 0.317 e.